The van der Waals surface area contributed by atoms with Gasteiger partial charge in [0.05, 0.1) is 5.02 Å². The molecule has 4 heteroatoms. The summed E-state index contributed by atoms with van der Waals surface area (Å²) in [5.74, 6) is 0.407. The summed E-state index contributed by atoms with van der Waals surface area (Å²) in [6.07, 6.45) is 1.05. The van der Waals surface area contributed by atoms with E-state index in [2.05, 4.69) is 35.1 Å². The number of carbonyl (C=O) groups excluding carboxylic acids is 1. The first-order chi connectivity index (χ1) is 7.95. The van der Waals surface area contributed by atoms with Crippen molar-refractivity contribution >= 4 is 33.4 Å². The molecule has 0 aliphatic heterocycles. The maximum Gasteiger partial charge on any atom is 0.251 e. The highest BCUT2D eigenvalue weighted by Gasteiger charge is 2.14. The van der Waals surface area contributed by atoms with Crippen molar-refractivity contribution < 1.29 is 4.79 Å². The van der Waals surface area contributed by atoms with Gasteiger partial charge in [-0.05, 0) is 47.0 Å². The molecule has 0 spiro atoms. The molecular formula is C13H17BrClNO. The first-order valence-corrected chi connectivity index (χ1v) is 6.88. The monoisotopic (exact) mass is 317 g/mol. The maximum atomic E-state index is 12.0. The first-order valence-electron chi connectivity index (χ1n) is 5.71. The van der Waals surface area contributed by atoms with Gasteiger partial charge in [-0.1, -0.05) is 31.9 Å². The molecule has 1 aromatic rings. The van der Waals surface area contributed by atoms with Crippen molar-refractivity contribution in [2.45, 2.75) is 33.2 Å². The van der Waals surface area contributed by atoms with E-state index in [1.54, 1.807) is 18.2 Å². The zero-order valence-electron chi connectivity index (χ0n) is 10.3. The van der Waals surface area contributed by atoms with Crippen molar-refractivity contribution in [3.05, 3.63) is 33.3 Å². The molecule has 2 unspecified atom stereocenters. The van der Waals surface area contributed by atoms with Gasteiger partial charge in [-0.2, -0.15) is 0 Å². The summed E-state index contributed by atoms with van der Waals surface area (Å²) in [4.78, 5) is 12.0. The first kappa shape index (κ1) is 14.5. The molecule has 0 bridgehead atoms. The molecule has 0 heterocycles. The van der Waals surface area contributed by atoms with Crippen LogP contribution in [0.3, 0.4) is 0 Å². The van der Waals surface area contributed by atoms with Crippen LogP contribution in [0.15, 0.2) is 22.7 Å². The van der Waals surface area contributed by atoms with Crippen molar-refractivity contribution in [3.8, 4) is 0 Å². The molecule has 0 aliphatic carbocycles. The Balaban J connectivity index is 2.73. The quantitative estimate of drug-likeness (QED) is 0.882. The number of hydrogen-bond acceptors (Lipinski definition) is 1. The van der Waals surface area contributed by atoms with Crippen LogP contribution in [-0.2, 0) is 0 Å². The van der Waals surface area contributed by atoms with Crippen LogP contribution in [0.4, 0.5) is 0 Å². The van der Waals surface area contributed by atoms with Crippen LogP contribution in [0.2, 0.25) is 5.02 Å². The van der Waals surface area contributed by atoms with Gasteiger partial charge >= 0.3 is 0 Å². The summed E-state index contributed by atoms with van der Waals surface area (Å²) in [6.45, 7) is 6.27. The minimum absolute atomic E-state index is 0.0600. The van der Waals surface area contributed by atoms with Crippen molar-refractivity contribution in [2.24, 2.45) is 5.92 Å². The SMILES string of the molecule is CCC(C)C(C)NC(=O)c1ccc(Cl)c(Br)c1. The molecule has 94 valence electrons. The molecule has 2 atom stereocenters. The predicted octanol–water partition coefficient (Wildman–Crippen LogP) is 4.27. The second-order valence-electron chi connectivity index (χ2n) is 4.28. The van der Waals surface area contributed by atoms with Crippen LogP contribution in [0.5, 0.6) is 0 Å². The lowest BCUT2D eigenvalue weighted by atomic mass is 10.0. The molecule has 1 N–H and O–H groups in total. The standard InChI is InChI=1S/C13H17BrClNO/c1-4-8(2)9(3)16-13(17)10-5-6-12(15)11(14)7-10/h5-9H,4H2,1-3H3,(H,16,17). The van der Waals surface area contributed by atoms with E-state index in [1.165, 1.54) is 0 Å². The Morgan fingerprint density at radius 3 is 2.65 bits per heavy atom. The highest BCUT2D eigenvalue weighted by atomic mass is 79.9. The molecule has 17 heavy (non-hydrogen) atoms. The number of carbonyl (C=O) groups is 1. The zero-order valence-corrected chi connectivity index (χ0v) is 12.6. The van der Waals surface area contributed by atoms with Crippen LogP contribution in [0.25, 0.3) is 0 Å². The molecular weight excluding hydrogens is 302 g/mol. The zero-order chi connectivity index (χ0) is 13.0. The largest absolute Gasteiger partial charge is 0.349 e. The molecule has 1 aromatic carbocycles. The second-order valence-corrected chi connectivity index (χ2v) is 5.54. The Morgan fingerprint density at radius 2 is 2.12 bits per heavy atom. The van der Waals surface area contributed by atoms with Gasteiger partial charge < -0.3 is 5.32 Å². The number of benzene rings is 1. The molecule has 0 saturated carbocycles. The van der Waals surface area contributed by atoms with E-state index in [0.29, 0.717) is 16.5 Å². The minimum Gasteiger partial charge on any atom is -0.349 e. The van der Waals surface area contributed by atoms with Gasteiger partial charge in [0, 0.05) is 16.1 Å². The van der Waals surface area contributed by atoms with Crippen LogP contribution in [0.1, 0.15) is 37.6 Å². The lowest BCUT2D eigenvalue weighted by Gasteiger charge is -2.19. The maximum absolute atomic E-state index is 12.0. The summed E-state index contributed by atoms with van der Waals surface area (Å²) in [6, 6.07) is 5.35. The van der Waals surface area contributed by atoms with Crippen molar-refractivity contribution in [3.63, 3.8) is 0 Å². The molecule has 0 radical (unpaired) electrons. The van der Waals surface area contributed by atoms with Gasteiger partial charge in [-0.25, -0.2) is 0 Å². The Labute approximate surface area is 116 Å². The highest BCUT2D eigenvalue weighted by Crippen LogP contribution is 2.23. The summed E-state index contributed by atoms with van der Waals surface area (Å²) in [7, 11) is 0. The summed E-state index contributed by atoms with van der Waals surface area (Å²) >= 11 is 9.20. The van der Waals surface area contributed by atoms with Gasteiger partial charge in [0.25, 0.3) is 5.91 Å². The summed E-state index contributed by atoms with van der Waals surface area (Å²) in [5, 5.41) is 3.60. The number of halogens is 2. The van der Waals surface area contributed by atoms with Gasteiger partial charge in [-0.15, -0.1) is 0 Å². The summed E-state index contributed by atoms with van der Waals surface area (Å²) < 4.78 is 0.739. The Bertz CT molecular complexity index is 408. The van der Waals surface area contributed by atoms with Crippen LogP contribution >= 0.6 is 27.5 Å². The number of hydrogen-bond donors (Lipinski definition) is 1. The lowest BCUT2D eigenvalue weighted by Crippen LogP contribution is -2.36. The smallest absolute Gasteiger partial charge is 0.251 e. The predicted molar refractivity (Wildman–Crippen MR) is 75.5 cm³/mol. The number of amides is 1. The Morgan fingerprint density at radius 1 is 1.47 bits per heavy atom. The Kier molecular flexibility index (Phi) is 5.47. The van der Waals surface area contributed by atoms with Gasteiger partial charge in [0.15, 0.2) is 0 Å². The number of rotatable bonds is 4. The highest BCUT2D eigenvalue weighted by molar-refractivity contribution is 9.10. The lowest BCUT2D eigenvalue weighted by molar-refractivity contribution is 0.0928. The second kappa shape index (κ2) is 6.41. The van der Waals surface area contributed by atoms with Crippen molar-refractivity contribution in [1.82, 2.24) is 5.32 Å². The number of nitrogens with one attached hydrogen (secondary N) is 1. The van der Waals surface area contributed by atoms with Crippen molar-refractivity contribution in [1.29, 1.82) is 0 Å². The Hall–Kier alpha value is -0.540. The van der Waals surface area contributed by atoms with Gasteiger partial charge in [-0.3, -0.25) is 4.79 Å². The van der Waals surface area contributed by atoms with Gasteiger partial charge in [0.2, 0.25) is 0 Å². The van der Waals surface area contributed by atoms with Crippen LogP contribution < -0.4 is 5.32 Å². The summed E-state index contributed by atoms with van der Waals surface area (Å²) in [5.41, 5.74) is 0.622. The van der Waals surface area contributed by atoms with Crippen molar-refractivity contribution in [2.75, 3.05) is 0 Å². The molecule has 0 aromatic heterocycles. The minimum atomic E-state index is -0.0600. The van der Waals surface area contributed by atoms with E-state index in [-0.39, 0.29) is 11.9 Å². The van der Waals surface area contributed by atoms with E-state index in [9.17, 15) is 4.79 Å². The third-order valence-corrected chi connectivity index (χ3v) is 4.25. The fourth-order valence-corrected chi connectivity index (χ4v) is 1.92. The average molecular weight is 319 g/mol. The molecule has 1 rings (SSSR count). The molecule has 0 aliphatic rings. The van der Waals surface area contributed by atoms with E-state index in [1.807, 2.05) is 6.92 Å². The van der Waals surface area contributed by atoms with E-state index < -0.39 is 0 Å². The van der Waals surface area contributed by atoms with Crippen LogP contribution in [0, 0.1) is 5.92 Å². The van der Waals surface area contributed by atoms with Crippen LogP contribution in [-0.4, -0.2) is 11.9 Å². The van der Waals surface area contributed by atoms with E-state index in [4.69, 9.17) is 11.6 Å². The molecule has 0 fully saturated rings. The topological polar surface area (TPSA) is 29.1 Å². The van der Waals surface area contributed by atoms with Gasteiger partial charge in [0.1, 0.15) is 0 Å². The van der Waals surface area contributed by atoms with E-state index in [0.717, 1.165) is 10.9 Å². The fraction of sp³-hybridized carbons (Fsp3) is 0.462. The fourth-order valence-electron chi connectivity index (χ4n) is 1.42. The molecule has 1 amide bonds. The molecule has 2 nitrogen and oxygen atoms in total. The average Bonchev–Trinajstić information content (AvgIpc) is 2.31. The van der Waals surface area contributed by atoms with E-state index >= 15 is 0 Å². The third-order valence-electron chi connectivity index (χ3n) is 3.04. The normalized spacial score (nSPS) is 14.2. The molecule has 0 saturated heterocycles. The third kappa shape index (κ3) is 4.00.